The molecule has 0 saturated carbocycles. The van der Waals surface area contributed by atoms with Gasteiger partial charge in [-0.1, -0.05) is 13.3 Å². The van der Waals surface area contributed by atoms with Crippen LogP contribution in [0, 0.1) is 0 Å². The van der Waals surface area contributed by atoms with E-state index in [1.165, 1.54) is 0 Å². The van der Waals surface area contributed by atoms with E-state index in [1.807, 2.05) is 29.2 Å². The van der Waals surface area contributed by atoms with E-state index in [1.54, 1.807) is 0 Å². The van der Waals surface area contributed by atoms with Gasteiger partial charge < -0.3 is 9.64 Å². The lowest BCUT2D eigenvalue weighted by atomic mass is 10.1. The van der Waals surface area contributed by atoms with Crippen LogP contribution in [0.25, 0.3) is 0 Å². The van der Waals surface area contributed by atoms with E-state index in [9.17, 15) is 4.79 Å². The van der Waals surface area contributed by atoms with Gasteiger partial charge in [-0.15, -0.1) is 11.6 Å². The molecule has 0 radical (unpaired) electrons. The summed E-state index contributed by atoms with van der Waals surface area (Å²) in [6, 6.07) is 7.40. The number of piperidine rings is 1. The fourth-order valence-electron chi connectivity index (χ4n) is 2.32. The average Bonchev–Trinajstić information content (AvgIpc) is 2.47. The van der Waals surface area contributed by atoms with Crippen molar-refractivity contribution >= 4 is 17.5 Å². The molecule has 1 aliphatic rings. The van der Waals surface area contributed by atoms with Gasteiger partial charge in [-0.2, -0.15) is 0 Å². The number of rotatable bonds is 5. The maximum atomic E-state index is 12.3. The molecule has 0 N–H and O–H groups in total. The summed E-state index contributed by atoms with van der Waals surface area (Å²) in [6.07, 6.45) is 4.14. The molecule has 110 valence electrons. The highest BCUT2D eigenvalue weighted by molar-refractivity contribution is 6.21. The number of hydrogen-bond donors (Lipinski definition) is 0. The van der Waals surface area contributed by atoms with E-state index in [0.717, 1.165) is 44.6 Å². The standard InChI is InChI=1S/C16H22ClNO2/c1-2-3-11-20-15-8-6-13(7-9-15)16(19)18-10-4-5-14(17)12-18/h6-9,14H,2-5,10-12H2,1H3. The van der Waals surface area contributed by atoms with E-state index in [4.69, 9.17) is 16.3 Å². The van der Waals surface area contributed by atoms with Gasteiger partial charge >= 0.3 is 0 Å². The number of likely N-dealkylation sites (tertiary alicyclic amines) is 1. The third-order valence-corrected chi connectivity index (χ3v) is 3.88. The van der Waals surface area contributed by atoms with E-state index >= 15 is 0 Å². The second-order valence-corrected chi connectivity index (χ2v) is 5.83. The molecule has 3 nitrogen and oxygen atoms in total. The summed E-state index contributed by atoms with van der Waals surface area (Å²) >= 11 is 6.13. The highest BCUT2D eigenvalue weighted by Crippen LogP contribution is 2.19. The SMILES string of the molecule is CCCCOc1ccc(C(=O)N2CCCC(Cl)C2)cc1. The predicted molar refractivity (Wildman–Crippen MR) is 81.6 cm³/mol. The van der Waals surface area contributed by atoms with Crippen molar-refractivity contribution in [3.63, 3.8) is 0 Å². The molecule has 1 aromatic carbocycles. The molecule has 0 aromatic heterocycles. The van der Waals surface area contributed by atoms with Crippen LogP contribution in [0.1, 0.15) is 43.0 Å². The predicted octanol–water partition coefficient (Wildman–Crippen LogP) is 3.71. The summed E-state index contributed by atoms with van der Waals surface area (Å²) < 4.78 is 5.60. The molecular formula is C16H22ClNO2. The summed E-state index contributed by atoms with van der Waals surface area (Å²) in [7, 11) is 0. The van der Waals surface area contributed by atoms with Crippen LogP contribution in [0.15, 0.2) is 24.3 Å². The van der Waals surface area contributed by atoms with Gasteiger partial charge in [0.1, 0.15) is 5.75 Å². The molecule has 1 atom stereocenters. The summed E-state index contributed by atoms with van der Waals surface area (Å²) in [4.78, 5) is 14.2. The fourth-order valence-corrected chi connectivity index (χ4v) is 2.64. The van der Waals surface area contributed by atoms with Crippen molar-refractivity contribution in [3.05, 3.63) is 29.8 Å². The van der Waals surface area contributed by atoms with Gasteiger partial charge in [-0.05, 0) is 43.5 Å². The molecule has 1 fully saturated rings. The first-order valence-corrected chi connectivity index (χ1v) is 7.80. The quantitative estimate of drug-likeness (QED) is 0.612. The zero-order valence-electron chi connectivity index (χ0n) is 12.0. The Balaban J connectivity index is 1.93. The van der Waals surface area contributed by atoms with Gasteiger partial charge in [-0.25, -0.2) is 0 Å². The number of ether oxygens (including phenoxy) is 1. The van der Waals surface area contributed by atoms with Gasteiger partial charge in [0.2, 0.25) is 0 Å². The third-order valence-electron chi connectivity index (χ3n) is 3.52. The van der Waals surface area contributed by atoms with Crippen molar-refractivity contribution in [2.75, 3.05) is 19.7 Å². The van der Waals surface area contributed by atoms with Crippen LogP contribution in [0.5, 0.6) is 5.75 Å². The van der Waals surface area contributed by atoms with Crippen LogP contribution in [0.3, 0.4) is 0 Å². The molecule has 20 heavy (non-hydrogen) atoms. The number of hydrogen-bond acceptors (Lipinski definition) is 2. The van der Waals surface area contributed by atoms with Gasteiger partial charge in [0, 0.05) is 18.7 Å². The molecule has 1 aliphatic heterocycles. The smallest absolute Gasteiger partial charge is 0.253 e. The Morgan fingerprint density at radius 1 is 1.40 bits per heavy atom. The molecule has 2 rings (SSSR count). The number of benzene rings is 1. The molecule has 4 heteroatoms. The zero-order valence-corrected chi connectivity index (χ0v) is 12.7. The summed E-state index contributed by atoms with van der Waals surface area (Å²) in [6.45, 7) is 4.31. The number of carbonyl (C=O) groups excluding carboxylic acids is 1. The van der Waals surface area contributed by atoms with Crippen LogP contribution in [0.2, 0.25) is 0 Å². The summed E-state index contributed by atoms with van der Waals surface area (Å²) in [5, 5.41) is 0.0874. The van der Waals surface area contributed by atoms with Crippen molar-refractivity contribution in [1.29, 1.82) is 0 Å². The summed E-state index contributed by atoms with van der Waals surface area (Å²) in [5.41, 5.74) is 0.707. The second-order valence-electron chi connectivity index (χ2n) is 5.22. The molecule has 0 bridgehead atoms. The Bertz CT molecular complexity index is 433. The highest BCUT2D eigenvalue weighted by atomic mass is 35.5. The Morgan fingerprint density at radius 3 is 2.80 bits per heavy atom. The minimum absolute atomic E-state index is 0.0652. The minimum Gasteiger partial charge on any atom is -0.494 e. The number of unbranched alkanes of at least 4 members (excludes halogenated alkanes) is 1. The van der Waals surface area contributed by atoms with Gasteiger partial charge in [0.25, 0.3) is 5.91 Å². The number of amides is 1. The van der Waals surface area contributed by atoms with Gasteiger partial charge in [-0.3, -0.25) is 4.79 Å². The molecule has 0 aliphatic carbocycles. The lowest BCUT2D eigenvalue weighted by molar-refractivity contribution is 0.0727. The van der Waals surface area contributed by atoms with Crippen LogP contribution < -0.4 is 4.74 Å². The number of alkyl halides is 1. The van der Waals surface area contributed by atoms with Crippen molar-refractivity contribution in [1.82, 2.24) is 4.90 Å². The zero-order chi connectivity index (χ0) is 14.4. The fraction of sp³-hybridized carbons (Fsp3) is 0.562. The van der Waals surface area contributed by atoms with Gasteiger partial charge in [0.15, 0.2) is 0 Å². The Morgan fingerprint density at radius 2 is 2.15 bits per heavy atom. The van der Waals surface area contributed by atoms with Crippen molar-refractivity contribution < 1.29 is 9.53 Å². The molecule has 1 aromatic rings. The van der Waals surface area contributed by atoms with Crippen LogP contribution in [-0.2, 0) is 0 Å². The number of halogens is 1. The van der Waals surface area contributed by atoms with Crippen molar-refractivity contribution in [3.8, 4) is 5.75 Å². The Hall–Kier alpha value is -1.22. The lowest BCUT2D eigenvalue weighted by Crippen LogP contribution is -2.40. The van der Waals surface area contributed by atoms with Crippen LogP contribution >= 0.6 is 11.6 Å². The average molecular weight is 296 g/mol. The topological polar surface area (TPSA) is 29.5 Å². The molecule has 1 saturated heterocycles. The maximum Gasteiger partial charge on any atom is 0.253 e. The molecule has 1 heterocycles. The Kier molecular flexibility index (Phi) is 5.72. The van der Waals surface area contributed by atoms with Crippen LogP contribution in [0.4, 0.5) is 0 Å². The molecule has 0 spiro atoms. The summed E-state index contributed by atoms with van der Waals surface area (Å²) in [5.74, 6) is 0.888. The second kappa shape index (κ2) is 7.53. The first-order valence-electron chi connectivity index (χ1n) is 7.37. The number of nitrogens with zero attached hydrogens (tertiary/aromatic N) is 1. The lowest BCUT2D eigenvalue weighted by Gasteiger charge is -2.29. The Labute approximate surface area is 125 Å². The first kappa shape index (κ1) is 15.2. The monoisotopic (exact) mass is 295 g/mol. The van der Waals surface area contributed by atoms with Crippen molar-refractivity contribution in [2.24, 2.45) is 0 Å². The molecule has 1 unspecified atom stereocenters. The highest BCUT2D eigenvalue weighted by Gasteiger charge is 2.22. The van der Waals surface area contributed by atoms with Crippen molar-refractivity contribution in [2.45, 2.75) is 38.0 Å². The van der Waals surface area contributed by atoms with Crippen LogP contribution in [-0.4, -0.2) is 35.9 Å². The van der Waals surface area contributed by atoms with E-state index < -0.39 is 0 Å². The van der Waals surface area contributed by atoms with Gasteiger partial charge in [0.05, 0.1) is 12.0 Å². The normalized spacial score (nSPS) is 18.9. The first-order chi connectivity index (χ1) is 9.70. The van der Waals surface area contributed by atoms with E-state index in [0.29, 0.717) is 12.1 Å². The third kappa shape index (κ3) is 4.14. The minimum atomic E-state index is 0.0652. The number of carbonyl (C=O) groups is 1. The molecule has 1 amide bonds. The molecular weight excluding hydrogens is 274 g/mol. The van der Waals surface area contributed by atoms with E-state index in [-0.39, 0.29) is 11.3 Å². The largest absolute Gasteiger partial charge is 0.494 e. The van der Waals surface area contributed by atoms with E-state index in [2.05, 4.69) is 6.92 Å². The maximum absolute atomic E-state index is 12.3.